The van der Waals surface area contributed by atoms with Gasteiger partial charge in [0.1, 0.15) is 4.60 Å². The molecule has 12 heavy (non-hydrogen) atoms. The van der Waals surface area contributed by atoms with Crippen molar-refractivity contribution in [1.82, 2.24) is 4.98 Å². The molecule has 2 nitrogen and oxygen atoms in total. The highest BCUT2D eigenvalue weighted by Gasteiger charge is 2.18. The van der Waals surface area contributed by atoms with Crippen LogP contribution in [0, 0.1) is 0 Å². The minimum atomic E-state index is -2.68. The van der Waals surface area contributed by atoms with Crippen molar-refractivity contribution in [1.29, 1.82) is 0 Å². The lowest BCUT2D eigenvalue weighted by Crippen LogP contribution is -1.97. The average Bonchev–Trinajstić information content (AvgIpc) is 1.97. The molecule has 0 saturated heterocycles. The lowest BCUT2D eigenvalue weighted by Gasteiger charge is -2.06. The highest BCUT2D eigenvalue weighted by molar-refractivity contribution is 9.10. The maximum absolute atomic E-state index is 12.3. The molecule has 0 aliphatic rings. The Labute approximate surface area is 80.9 Å². The third kappa shape index (κ3) is 1.67. The van der Waals surface area contributed by atoms with Gasteiger partial charge in [0.15, 0.2) is 0 Å². The standard InChI is InChI=1S/C6H4BrClF2N2/c7-5-4(8)3(6(9)10)2(11)1-12-5/h1,6H,11H2. The van der Waals surface area contributed by atoms with Crippen LogP contribution in [0.25, 0.3) is 0 Å². The fourth-order valence-corrected chi connectivity index (χ4v) is 1.27. The predicted molar refractivity (Wildman–Crippen MR) is 46.3 cm³/mol. The zero-order chi connectivity index (χ0) is 9.30. The number of nitrogens with two attached hydrogens (primary N) is 1. The molecular weight excluding hydrogens is 253 g/mol. The van der Waals surface area contributed by atoms with Gasteiger partial charge in [0, 0.05) is 0 Å². The summed E-state index contributed by atoms with van der Waals surface area (Å²) in [4.78, 5) is 3.65. The first-order valence-electron chi connectivity index (χ1n) is 2.91. The van der Waals surface area contributed by atoms with E-state index in [4.69, 9.17) is 17.3 Å². The zero-order valence-electron chi connectivity index (χ0n) is 5.69. The molecule has 0 unspecified atom stereocenters. The van der Waals surface area contributed by atoms with E-state index in [1.807, 2.05) is 0 Å². The molecule has 1 rings (SSSR count). The molecule has 1 aromatic rings. The Hall–Kier alpha value is -0.420. The number of anilines is 1. The van der Waals surface area contributed by atoms with Crippen LogP contribution in [0.4, 0.5) is 14.5 Å². The molecule has 0 aliphatic carbocycles. The summed E-state index contributed by atoms with van der Waals surface area (Å²) in [5.74, 6) is 0. The first-order chi connectivity index (χ1) is 5.54. The Balaban J connectivity index is 3.33. The second-order valence-electron chi connectivity index (χ2n) is 2.03. The summed E-state index contributed by atoms with van der Waals surface area (Å²) in [5, 5.41) is -0.134. The van der Waals surface area contributed by atoms with E-state index >= 15 is 0 Å². The van der Waals surface area contributed by atoms with Crippen LogP contribution in [0.15, 0.2) is 10.8 Å². The Morgan fingerprint density at radius 1 is 1.58 bits per heavy atom. The summed E-state index contributed by atoms with van der Waals surface area (Å²) in [7, 11) is 0. The highest BCUT2D eigenvalue weighted by atomic mass is 79.9. The number of alkyl halides is 2. The Morgan fingerprint density at radius 3 is 2.58 bits per heavy atom. The third-order valence-corrected chi connectivity index (χ3v) is 2.48. The van der Waals surface area contributed by atoms with Crippen molar-refractivity contribution >= 4 is 33.2 Å². The van der Waals surface area contributed by atoms with Crippen LogP contribution in [0.1, 0.15) is 12.0 Å². The lowest BCUT2D eigenvalue weighted by atomic mass is 10.2. The van der Waals surface area contributed by atoms with Crippen LogP contribution in [-0.4, -0.2) is 4.98 Å². The smallest absolute Gasteiger partial charge is 0.267 e. The number of pyridine rings is 1. The molecule has 0 aliphatic heterocycles. The molecule has 0 saturated carbocycles. The number of nitrogen functional groups attached to an aromatic ring is 1. The molecule has 0 radical (unpaired) electrons. The molecule has 0 spiro atoms. The number of hydrogen-bond acceptors (Lipinski definition) is 2. The van der Waals surface area contributed by atoms with Gasteiger partial charge in [0.2, 0.25) is 0 Å². The first-order valence-corrected chi connectivity index (χ1v) is 4.08. The first kappa shape index (κ1) is 9.67. The second kappa shape index (κ2) is 3.53. The largest absolute Gasteiger partial charge is 0.397 e. The Bertz CT molecular complexity index is 306. The van der Waals surface area contributed by atoms with Gasteiger partial charge in [-0.1, -0.05) is 11.6 Å². The molecule has 0 atom stereocenters. The monoisotopic (exact) mass is 256 g/mol. The minimum absolute atomic E-state index is 0.0989. The van der Waals surface area contributed by atoms with E-state index in [1.165, 1.54) is 0 Å². The fraction of sp³-hybridized carbons (Fsp3) is 0.167. The topological polar surface area (TPSA) is 38.9 Å². The molecule has 0 fully saturated rings. The molecule has 6 heteroatoms. The summed E-state index contributed by atoms with van der Waals surface area (Å²) >= 11 is 8.44. The van der Waals surface area contributed by atoms with Gasteiger partial charge in [0.25, 0.3) is 6.43 Å². The van der Waals surface area contributed by atoms with E-state index in [2.05, 4.69) is 20.9 Å². The molecule has 1 aromatic heterocycles. The van der Waals surface area contributed by atoms with Crippen LogP contribution in [-0.2, 0) is 0 Å². The van der Waals surface area contributed by atoms with Crippen LogP contribution in [0.3, 0.4) is 0 Å². The lowest BCUT2D eigenvalue weighted by molar-refractivity contribution is 0.152. The number of nitrogens with zero attached hydrogens (tertiary/aromatic N) is 1. The van der Waals surface area contributed by atoms with E-state index in [0.29, 0.717) is 0 Å². The van der Waals surface area contributed by atoms with Crippen molar-refractivity contribution < 1.29 is 8.78 Å². The predicted octanol–water partition coefficient (Wildman–Crippen LogP) is 3.02. The molecule has 1 heterocycles. The van der Waals surface area contributed by atoms with Gasteiger partial charge < -0.3 is 5.73 Å². The number of aromatic nitrogens is 1. The van der Waals surface area contributed by atoms with Gasteiger partial charge in [-0.2, -0.15) is 0 Å². The second-order valence-corrected chi connectivity index (χ2v) is 3.16. The van der Waals surface area contributed by atoms with E-state index in [-0.39, 0.29) is 20.9 Å². The van der Waals surface area contributed by atoms with Crippen molar-refractivity contribution in [3.63, 3.8) is 0 Å². The molecule has 0 bridgehead atoms. The van der Waals surface area contributed by atoms with Crippen molar-refractivity contribution in [3.05, 3.63) is 21.4 Å². The van der Waals surface area contributed by atoms with E-state index < -0.39 is 6.43 Å². The maximum atomic E-state index is 12.3. The highest BCUT2D eigenvalue weighted by Crippen LogP contribution is 2.35. The van der Waals surface area contributed by atoms with Gasteiger partial charge in [-0.3, -0.25) is 0 Å². The summed E-state index contributed by atoms with van der Waals surface area (Å²) in [5.41, 5.74) is 4.77. The number of rotatable bonds is 1. The Morgan fingerprint density at radius 2 is 2.17 bits per heavy atom. The van der Waals surface area contributed by atoms with E-state index in [0.717, 1.165) is 6.20 Å². The summed E-state index contributed by atoms with van der Waals surface area (Å²) in [6.07, 6.45) is -1.55. The molecule has 66 valence electrons. The van der Waals surface area contributed by atoms with Crippen LogP contribution >= 0.6 is 27.5 Å². The minimum Gasteiger partial charge on any atom is -0.397 e. The van der Waals surface area contributed by atoms with Gasteiger partial charge in [-0.05, 0) is 15.9 Å². The van der Waals surface area contributed by atoms with Gasteiger partial charge in [-0.25, -0.2) is 13.8 Å². The van der Waals surface area contributed by atoms with Crippen molar-refractivity contribution in [2.24, 2.45) is 0 Å². The van der Waals surface area contributed by atoms with E-state index in [9.17, 15) is 8.78 Å². The molecule has 0 aromatic carbocycles. The average molecular weight is 257 g/mol. The van der Waals surface area contributed by atoms with Crippen molar-refractivity contribution in [2.45, 2.75) is 6.43 Å². The summed E-state index contributed by atoms with van der Waals surface area (Å²) in [6, 6.07) is 0. The maximum Gasteiger partial charge on any atom is 0.267 e. The molecule has 2 N–H and O–H groups in total. The van der Waals surface area contributed by atoms with E-state index in [1.54, 1.807) is 0 Å². The fourth-order valence-electron chi connectivity index (χ4n) is 0.712. The quantitative estimate of drug-likeness (QED) is 0.786. The number of halogens is 4. The van der Waals surface area contributed by atoms with Gasteiger partial charge in [0.05, 0.1) is 22.5 Å². The SMILES string of the molecule is Nc1cnc(Br)c(Cl)c1C(F)F. The normalized spacial score (nSPS) is 10.8. The van der Waals surface area contributed by atoms with Gasteiger partial charge >= 0.3 is 0 Å². The molecular formula is C6H4BrClF2N2. The van der Waals surface area contributed by atoms with Crippen LogP contribution < -0.4 is 5.73 Å². The zero-order valence-corrected chi connectivity index (χ0v) is 8.03. The van der Waals surface area contributed by atoms with Crippen molar-refractivity contribution in [2.75, 3.05) is 5.73 Å². The third-order valence-electron chi connectivity index (χ3n) is 1.26. The van der Waals surface area contributed by atoms with Gasteiger partial charge in [-0.15, -0.1) is 0 Å². The van der Waals surface area contributed by atoms with Crippen LogP contribution in [0.5, 0.6) is 0 Å². The summed E-state index contributed by atoms with van der Waals surface area (Å²) < 4.78 is 24.7. The summed E-state index contributed by atoms with van der Waals surface area (Å²) in [6.45, 7) is 0. The van der Waals surface area contributed by atoms with Crippen LogP contribution in [0.2, 0.25) is 5.02 Å². The number of hydrogen-bond donors (Lipinski definition) is 1. The Kier molecular flexibility index (Phi) is 2.85. The molecule has 0 amide bonds. The van der Waals surface area contributed by atoms with Crippen molar-refractivity contribution in [3.8, 4) is 0 Å².